The van der Waals surface area contributed by atoms with Crippen LogP contribution < -0.4 is 5.32 Å². The number of aryl methyl sites for hydroxylation is 1. The van der Waals surface area contributed by atoms with Crippen LogP contribution in [0.25, 0.3) is 5.65 Å². The third kappa shape index (κ3) is 2.33. The molecular weight excluding hydrogens is 238 g/mol. The molecule has 2 aromatic heterocycles. The molecule has 4 nitrogen and oxygen atoms in total. The van der Waals surface area contributed by atoms with Gasteiger partial charge >= 0.3 is 0 Å². The van der Waals surface area contributed by atoms with Gasteiger partial charge in [0.25, 0.3) is 5.91 Å². The molecule has 0 saturated carbocycles. The Labute approximate surface area is 110 Å². The largest absolute Gasteiger partial charge is 0.321 e. The second-order valence-corrected chi connectivity index (χ2v) is 4.41. The zero-order valence-electron chi connectivity index (χ0n) is 10.5. The van der Waals surface area contributed by atoms with E-state index in [1.807, 2.05) is 60.0 Å². The fourth-order valence-corrected chi connectivity index (χ4v) is 1.88. The predicted molar refractivity (Wildman–Crippen MR) is 74.3 cm³/mol. The molecule has 3 aromatic rings. The molecule has 0 aliphatic rings. The molecule has 1 amide bonds. The number of nitrogens with zero attached hydrogens (tertiary/aromatic N) is 2. The van der Waals surface area contributed by atoms with E-state index in [-0.39, 0.29) is 5.91 Å². The number of rotatable bonds is 2. The lowest BCUT2D eigenvalue weighted by molar-refractivity contribution is 0.102. The summed E-state index contributed by atoms with van der Waals surface area (Å²) in [6, 6.07) is 13.3. The van der Waals surface area contributed by atoms with Crippen molar-refractivity contribution in [2.24, 2.45) is 0 Å². The fourth-order valence-electron chi connectivity index (χ4n) is 1.88. The number of pyridine rings is 1. The van der Waals surface area contributed by atoms with Gasteiger partial charge in [0.15, 0.2) is 0 Å². The summed E-state index contributed by atoms with van der Waals surface area (Å²) in [5, 5.41) is 2.83. The van der Waals surface area contributed by atoms with Crippen molar-refractivity contribution in [2.45, 2.75) is 6.92 Å². The van der Waals surface area contributed by atoms with Gasteiger partial charge in [-0.2, -0.15) is 0 Å². The standard InChI is InChI=1S/C15H13N3O/c1-11-5-7-12(8-6-11)16-15(19)13-10-18-9-3-2-4-14(18)17-13/h2-10H,1H3,(H,16,19). The summed E-state index contributed by atoms with van der Waals surface area (Å²) in [7, 11) is 0. The number of aromatic nitrogens is 2. The third-order valence-electron chi connectivity index (χ3n) is 2.91. The van der Waals surface area contributed by atoms with Crippen LogP contribution in [0.2, 0.25) is 0 Å². The topological polar surface area (TPSA) is 46.4 Å². The second kappa shape index (κ2) is 4.57. The van der Waals surface area contributed by atoms with E-state index in [0.29, 0.717) is 5.69 Å². The van der Waals surface area contributed by atoms with Crippen LogP contribution in [0.15, 0.2) is 54.9 Å². The highest BCUT2D eigenvalue weighted by Gasteiger charge is 2.10. The number of carbonyl (C=O) groups excluding carboxylic acids is 1. The molecule has 1 N–H and O–H groups in total. The van der Waals surface area contributed by atoms with Crippen molar-refractivity contribution < 1.29 is 4.79 Å². The van der Waals surface area contributed by atoms with Crippen molar-refractivity contribution in [1.29, 1.82) is 0 Å². The molecule has 94 valence electrons. The van der Waals surface area contributed by atoms with Crippen LogP contribution in [-0.4, -0.2) is 15.3 Å². The Morgan fingerprint density at radius 3 is 2.68 bits per heavy atom. The molecule has 2 heterocycles. The van der Waals surface area contributed by atoms with Gasteiger partial charge in [-0.25, -0.2) is 4.98 Å². The lowest BCUT2D eigenvalue weighted by Crippen LogP contribution is -2.12. The van der Waals surface area contributed by atoms with Crippen molar-refractivity contribution in [1.82, 2.24) is 9.38 Å². The van der Waals surface area contributed by atoms with Gasteiger partial charge in [0, 0.05) is 18.1 Å². The van der Waals surface area contributed by atoms with E-state index in [2.05, 4.69) is 10.3 Å². The normalized spacial score (nSPS) is 10.6. The van der Waals surface area contributed by atoms with Crippen LogP contribution >= 0.6 is 0 Å². The maximum atomic E-state index is 12.1. The quantitative estimate of drug-likeness (QED) is 0.761. The number of imidazole rings is 1. The van der Waals surface area contributed by atoms with E-state index >= 15 is 0 Å². The third-order valence-corrected chi connectivity index (χ3v) is 2.91. The summed E-state index contributed by atoms with van der Waals surface area (Å²) in [5.74, 6) is -0.201. The van der Waals surface area contributed by atoms with Gasteiger partial charge in [-0.1, -0.05) is 23.8 Å². The SMILES string of the molecule is Cc1ccc(NC(=O)c2cn3ccccc3n2)cc1. The summed E-state index contributed by atoms with van der Waals surface area (Å²) in [4.78, 5) is 16.4. The maximum absolute atomic E-state index is 12.1. The van der Waals surface area contributed by atoms with Crippen LogP contribution in [0.1, 0.15) is 16.1 Å². The molecule has 0 radical (unpaired) electrons. The Bertz CT molecular complexity index is 695. The monoisotopic (exact) mass is 251 g/mol. The van der Waals surface area contributed by atoms with Crippen molar-refractivity contribution in [3.05, 3.63) is 66.1 Å². The van der Waals surface area contributed by atoms with E-state index in [1.54, 1.807) is 6.20 Å². The highest BCUT2D eigenvalue weighted by Crippen LogP contribution is 2.11. The van der Waals surface area contributed by atoms with Gasteiger partial charge in [-0.3, -0.25) is 4.79 Å². The summed E-state index contributed by atoms with van der Waals surface area (Å²) in [5.41, 5.74) is 3.10. The minimum atomic E-state index is -0.201. The van der Waals surface area contributed by atoms with Crippen LogP contribution in [0.5, 0.6) is 0 Å². The van der Waals surface area contributed by atoms with Gasteiger partial charge in [-0.05, 0) is 31.2 Å². The predicted octanol–water partition coefficient (Wildman–Crippen LogP) is 2.90. The minimum absolute atomic E-state index is 0.201. The molecule has 0 saturated heterocycles. The summed E-state index contributed by atoms with van der Waals surface area (Å²) in [6.45, 7) is 2.01. The number of anilines is 1. The molecule has 0 aliphatic heterocycles. The van der Waals surface area contributed by atoms with Gasteiger partial charge in [-0.15, -0.1) is 0 Å². The first kappa shape index (κ1) is 11.5. The Morgan fingerprint density at radius 2 is 1.95 bits per heavy atom. The average molecular weight is 251 g/mol. The van der Waals surface area contributed by atoms with Crippen molar-refractivity contribution in [3.8, 4) is 0 Å². The van der Waals surface area contributed by atoms with Gasteiger partial charge in [0.05, 0.1) is 0 Å². The molecule has 3 rings (SSSR count). The number of amides is 1. The fraction of sp³-hybridized carbons (Fsp3) is 0.0667. The molecule has 1 aromatic carbocycles. The summed E-state index contributed by atoms with van der Waals surface area (Å²) < 4.78 is 1.82. The van der Waals surface area contributed by atoms with Crippen molar-refractivity contribution in [3.63, 3.8) is 0 Å². The molecule has 19 heavy (non-hydrogen) atoms. The molecule has 0 spiro atoms. The highest BCUT2D eigenvalue weighted by molar-refractivity contribution is 6.03. The number of hydrogen-bond donors (Lipinski definition) is 1. The summed E-state index contributed by atoms with van der Waals surface area (Å²) >= 11 is 0. The van der Waals surface area contributed by atoms with Gasteiger partial charge < -0.3 is 9.72 Å². The van der Waals surface area contributed by atoms with Crippen LogP contribution in [0.4, 0.5) is 5.69 Å². The first-order valence-corrected chi connectivity index (χ1v) is 6.04. The van der Waals surface area contributed by atoms with E-state index in [9.17, 15) is 4.79 Å². The smallest absolute Gasteiger partial charge is 0.275 e. The Morgan fingerprint density at radius 1 is 1.16 bits per heavy atom. The zero-order chi connectivity index (χ0) is 13.2. The number of hydrogen-bond acceptors (Lipinski definition) is 2. The molecular formula is C15H13N3O. The molecule has 0 atom stereocenters. The van der Waals surface area contributed by atoms with Crippen LogP contribution in [-0.2, 0) is 0 Å². The number of carbonyl (C=O) groups is 1. The van der Waals surface area contributed by atoms with E-state index < -0.39 is 0 Å². The molecule has 0 aliphatic carbocycles. The lowest BCUT2D eigenvalue weighted by atomic mass is 10.2. The molecule has 0 unspecified atom stereocenters. The van der Waals surface area contributed by atoms with Gasteiger partial charge in [0.2, 0.25) is 0 Å². The molecule has 4 heteroatoms. The minimum Gasteiger partial charge on any atom is -0.321 e. The maximum Gasteiger partial charge on any atom is 0.275 e. The number of fused-ring (bicyclic) bond motifs is 1. The molecule has 0 fully saturated rings. The van der Waals surface area contributed by atoms with Crippen LogP contribution in [0.3, 0.4) is 0 Å². The first-order chi connectivity index (χ1) is 9.22. The van der Waals surface area contributed by atoms with Crippen molar-refractivity contribution >= 4 is 17.2 Å². The zero-order valence-corrected chi connectivity index (χ0v) is 10.5. The molecule has 0 bridgehead atoms. The Hall–Kier alpha value is -2.62. The first-order valence-electron chi connectivity index (χ1n) is 6.04. The lowest BCUT2D eigenvalue weighted by Gasteiger charge is -2.02. The second-order valence-electron chi connectivity index (χ2n) is 4.41. The van der Waals surface area contributed by atoms with E-state index in [4.69, 9.17) is 0 Å². The number of benzene rings is 1. The highest BCUT2D eigenvalue weighted by atomic mass is 16.1. The average Bonchev–Trinajstić information content (AvgIpc) is 2.85. The van der Waals surface area contributed by atoms with Crippen LogP contribution in [0, 0.1) is 6.92 Å². The van der Waals surface area contributed by atoms with Gasteiger partial charge in [0.1, 0.15) is 11.3 Å². The van der Waals surface area contributed by atoms with Crippen molar-refractivity contribution in [2.75, 3.05) is 5.32 Å². The Balaban J connectivity index is 1.85. The number of nitrogens with one attached hydrogen (secondary N) is 1. The Kier molecular flexibility index (Phi) is 2.76. The summed E-state index contributed by atoms with van der Waals surface area (Å²) in [6.07, 6.45) is 3.59. The van der Waals surface area contributed by atoms with E-state index in [1.165, 1.54) is 0 Å². The van der Waals surface area contributed by atoms with E-state index in [0.717, 1.165) is 16.9 Å².